The van der Waals surface area contributed by atoms with Gasteiger partial charge < -0.3 is 25.0 Å². The third kappa shape index (κ3) is 5.32. The fraction of sp³-hybridized carbons (Fsp3) is 0.353. The molecule has 2 rings (SSSR count). The number of nitrogens with zero attached hydrogens (tertiary/aromatic N) is 3. The van der Waals surface area contributed by atoms with E-state index in [0.717, 1.165) is 13.1 Å². The van der Waals surface area contributed by atoms with Gasteiger partial charge in [0.25, 0.3) is 5.91 Å². The Labute approximate surface area is 147 Å². The number of amides is 1. The Morgan fingerprint density at radius 2 is 1.88 bits per heavy atom. The molecular weight excluding hydrogens is 322 g/mol. The van der Waals surface area contributed by atoms with E-state index in [1.807, 2.05) is 14.1 Å². The van der Waals surface area contributed by atoms with Crippen molar-refractivity contribution >= 4 is 17.5 Å². The highest BCUT2D eigenvalue weighted by Gasteiger charge is 2.12. The van der Waals surface area contributed by atoms with Gasteiger partial charge in [0.1, 0.15) is 11.5 Å². The molecule has 0 spiro atoms. The van der Waals surface area contributed by atoms with E-state index in [4.69, 9.17) is 9.47 Å². The van der Waals surface area contributed by atoms with Crippen LogP contribution in [0.2, 0.25) is 0 Å². The van der Waals surface area contributed by atoms with Crippen LogP contribution in [0.3, 0.4) is 0 Å². The molecule has 25 heavy (non-hydrogen) atoms. The maximum Gasteiger partial charge on any atom is 0.258 e. The van der Waals surface area contributed by atoms with Crippen LogP contribution in [0.25, 0.3) is 0 Å². The van der Waals surface area contributed by atoms with Gasteiger partial charge in [0.15, 0.2) is 0 Å². The molecule has 1 amide bonds. The van der Waals surface area contributed by atoms with E-state index in [2.05, 4.69) is 25.5 Å². The average Bonchev–Trinajstić information content (AvgIpc) is 2.61. The number of aromatic nitrogens is 2. The highest BCUT2D eigenvalue weighted by atomic mass is 16.5. The summed E-state index contributed by atoms with van der Waals surface area (Å²) in [6, 6.07) is 5.17. The van der Waals surface area contributed by atoms with Crippen molar-refractivity contribution < 1.29 is 14.3 Å². The predicted molar refractivity (Wildman–Crippen MR) is 96.6 cm³/mol. The molecule has 0 aliphatic heterocycles. The zero-order chi connectivity index (χ0) is 18.2. The van der Waals surface area contributed by atoms with Gasteiger partial charge in [-0.15, -0.1) is 0 Å². The van der Waals surface area contributed by atoms with E-state index < -0.39 is 0 Å². The van der Waals surface area contributed by atoms with Crippen molar-refractivity contribution in [3.63, 3.8) is 0 Å². The standard InChI is InChI=1S/C17H23N5O3/c1-22(2)8-7-18-17-19-10-12(11-20-17)16(23)21-14-9-13(24-3)5-6-15(14)25-4/h5-6,9-11H,7-8H2,1-4H3,(H,21,23)(H,18,19,20). The van der Waals surface area contributed by atoms with Crippen molar-refractivity contribution in [2.45, 2.75) is 0 Å². The molecule has 1 heterocycles. The summed E-state index contributed by atoms with van der Waals surface area (Å²) in [5.74, 6) is 1.31. The maximum absolute atomic E-state index is 12.4. The lowest BCUT2D eigenvalue weighted by molar-refractivity contribution is 0.102. The van der Waals surface area contributed by atoms with Crippen LogP contribution < -0.4 is 20.1 Å². The number of likely N-dealkylation sites (N-methyl/N-ethyl adjacent to an activating group) is 1. The minimum absolute atomic E-state index is 0.327. The van der Waals surface area contributed by atoms with Crippen LogP contribution in [0, 0.1) is 0 Å². The van der Waals surface area contributed by atoms with Crippen LogP contribution in [0.1, 0.15) is 10.4 Å². The van der Waals surface area contributed by atoms with Gasteiger partial charge in [0.05, 0.1) is 25.5 Å². The second-order valence-electron chi connectivity index (χ2n) is 5.55. The lowest BCUT2D eigenvalue weighted by Crippen LogP contribution is -2.21. The van der Waals surface area contributed by atoms with E-state index >= 15 is 0 Å². The molecule has 0 aliphatic carbocycles. The van der Waals surface area contributed by atoms with Gasteiger partial charge in [-0.25, -0.2) is 9.97 Å². The molecule has 0 saturated carbocycles. The molecule has 134 valence electrons. The second kappa shape index (κ2) is 8.84. The molecule has 0 saturated heterocycles. The molecule has 0 radical (unpaired) electrons. The first-order chi connectivity index (χ1) is 12.0. The first kappa shape index (κ1) is 18.5. The zero-order valence-electron chi connectivity index (χ0n) is 14.9. The highest BCUT2D eigenvalue weighted by molar-refractivity contribution is 6.04. The van der Waals surface area contributed by atoms with Gasteiger partial charge >= 0.3 is 0 Å². The van der Waals surface area contributed by atoms with Crippen LogP contribution in [0.15, 0.2) is 30.6 Å². The van der Waals surface area contributed by atoms with Gasteiger partial charge in [-0.3, -0.25) is 4.79 Å². The van der Waals surface area contributed by atoms with Crippen molar-refractivity contribution in [3.05, 3.63) is 36.2 Å². The summed E-state index contributed by atoms with van der Waals surface area (Å²) >= 11 is 0. The molecule has 0 aliphatic rings. The number of methoxy groups -OCH3 is 2. The highest BCUT2D eigenvalue weighted by Crippen LogP contribution is 2.29. The Morgan fingerprint density at radius 3 is 2.48 bits per heavy atom. The minimum Gasteiger partial charge on any atom is -0.497 e. The Morgan fingerprint density at radius 1 is 1.16 bits per heavy atom. The van der Waals surface area contributed by atoms with Crippen LogP contribution in [-0.4, -0.2) is 62.2 Å². The molecule has 8 heteroatoms. The van der Waals surface area contributed by atoms with Crippen molar-refractivity contribution in [1.82, 2.24) is 14.9 Å². The number of carbonyl (C=O) groups excluding carboxylic acids is 1. The van der Waals surface area contributed by atoms with Crippen LogP contribution in [0.5, 0.6) is 11.5 Å². The van der Waals surface area contributed by atoms with E-state index in [1.54, 1.807) is 25.3 Å². The van der Waals surface area contributed by atoms with Crippen LogP contribution in [-0.2, 0) is 0 Å². The van der Waals surface area contributed by atoms with Crippen molar-refractivity contribution in [1.29, 1.82) is 0 Å². The second-order valence-corrected chi connectivity index (χ2v) is 5.55. The van der Waals surface area contributed by atoms with Crippen LogP contribution >= 0.6 is 0 Å². The fourth-order valence-electron chi connectivity index (χ4n) is 2.03. The van der Waals surface area contributed by atoms with E-state index in [0.29, 0.717) is 28.7 Å². The van der Waals surface area contributed by atoms with E-state index in [1.165, 1.54) is 19.5 Å². The molecule has 1 aromatic carbocycles. The molecule has 1 aromatic heterocycles. The van der Waals surface area contributed by atoms with Gasteiger partial charge in [-0.2, -0.15) is 0 Å². The van der Waals surface area contributed by atoms with Gasteiger partial charge in [0.2, 0.25) is 5.95 Å². The summed E-state index contributed by atoms with van der Waals surface area (Å²) in [6.07, 6.45) is 2.96. The number of hydrogen-bond donors (Lipinski definition) is 2. The largest absolute Gasteiger partial charge is 0.497 e. The Hall–Kier alpha value is -2.87. The summed E-state index contributed by atoms with van der Waals surface area (Å²) in [4.78, 5) is 22.7. The summed E-state index contributed by atoms with van der Waals surface area (Å²) in [5.41, 5.74) is 0.864. The summed E-state index contributed by atoms with van der Waals surface area (Å²) in [5, 5.41) is 5.87. The number of carbonyl (C=O) groups is 1. The molecule has 2 N–H and O–H groups in total. The average molecular weight is 345 g/mol. The summed E-state index contributed by atoms with van der Waals surface area (Å²) in [7, 11) is 7.07. The molecule has 0 atom stereocenters. The number of nitrogens with one attached hydrogen (secondary N) is 2. The molecule has 2 aromatic rings. The number of anilines is 2. The van der Waals surface area contributed by atoms with E-state index in [-0.39, 0.29) is 5.91 Å². The lowest BCUT2D eigenvalue weighted by atomic mass is 10.2. The monoisotopic (exact) mass is 345 g/mol. The molecule has 0 bridgehead atoms. The smallest absolute Gasteiger partial charge is 0.258 e. The van der Waals surface area contributed by atoms with Gasteiger partial charge in [-0.05, 0) is 26.2 Å². The number of hydrogen-bond acceptors (Lipinski definition) is 7. The Balaban J connectivity index is 2.03. The van der Waals surface area contributed by atoms with Crippen molar-refractivity contribution in [2.24, 2.45) is 0 Å². The van der Waals surface area contributed by atoms with Crippen molar-refractivity contribution in [3.8, 4) is 11.5 Å². The number of ether oxygens (including phenoxy) is 2. The molecule has 0 unspecified atom stereocenters. The maximum atomic E-state index is 12.4. The van der Waals surface area contributed by atoms with E-state index in [9.17, 15) is 4.79 Å². The van der Waals surface area contributed by atoms with Gasteiger partial charge in [0, 0.05) is 31.5 Å². The third-order valence-electron chi connectivity index (χ3n) is 3.41. The minimum atomic E-state index is -0.327. The molecule has 8 nitrogen and oxygen atoms in total. The summed E-state index contributed by atoms with van der Waals surface area (Å²) in [6.45, 7) is 1.58. The number of rotatable bonds is 8. The normalized spacial score (nSPS) is 10.4. The Kier molecular flexibility index (Phi) is 6.53. The van der Waals surface area contributed by atoms with Crippen molar-refractivity contribution in [2.75, 3.05) is 52.0 Å². The Bertz CT molecular complexity index is 704. The third-order valence-corrected chi connectivity index (χ3v) is 3.41. The molecule has 0 fully saturated rings. The fourth-order valence-corrected chi connectivity index (χ4v) is 2.03. The predicted octanol–water partition coefficient (Wildman–Crippen LogP) is 1.72. The number of benzene rings is 1. The quantitative estimate of drug-likeness (QED) is 0.753. The topological polar surface area (TPSA) is 88.6 Å². The first-order valence-electron chi connectivity index (χ1n) is 7.77. The van der Waals surface area contributed by atoms with Gasteiger partial charge in [-0.1, -0.05) is 0 Å². The first-order valence-corrected chi connectivity index (χ1v) is 7.77. The summed E-state index contributed by atoms with van der Waals surface area (Å²) < 4.78 is 10.4. The van der Waals surface area contributed by atoms with Crippen LogP contribution in [0.4, 0.5) is 11.6 Å². The molecular formula is C17H23N5O3. The SMILES string of the molecule is COc1ccc(OC)c(NC(=O)c2cnc(NCCN(C)C)nc2)c1. The zero-order valence-corrected chi connectivity index (χ0v) is 14.9. The lowest BCUT2D eigenvalue weighted by Gasteiger charge is -2.12.